The molecule has 0 aliphatic carbocycles. The van der Waals surface area contributed by atoms with Crippen LogP contribution in [0.15, 0.2) is 23.1 Å². The third kappa shape index (κ3) is 1.87. The van der Waals surface area contributed by atoms with Crippen molar-refractivity contribution < 1.29 is 5.11 Å². The van der Waals surface area contributed by atoms with Crippen molar-refractivity contribution in [2.45, 2.75) is 11.0 Å². The Balaban J connectivity index is 2.29. The second-order valence-electron chi connectivity index (χ2n) is 3.28. The van der Waals surface area contributed by atoms with E-state index in [1.165, 1.54) is 4.90 Å². The molecule has 4 N–H and O–H groups in total. The van der Waals surface area contributed by atoms with Gasteiger partial charge >= 0.3 is 0 Å². The summed E-state index contributed by atoms with van der Waals surface area (Å²) in [5.41, 5.74) is 7.41. The lowest BCUT2D eigenvalue weighted by Crippen LogP contribution is -2.14. The number of hydrogen-bond donors (Lipinski definition) is 3. The number of thioether (sulfide) groups is 1. The highest BCUT2D eigenvalue weighted by molar-refractivity contribution is 7.99. The van der Waals surface area contributed by atoms with Crippen molar-refractivity contribution in [1.82, 2.24) is 0 Å². The van der Waals surface area contributed by atoms with Gasteiger partial charge in [-0.25, -0.2) is 0 Å². The van der Waals surface area contributed by atoms with E-state index >= 15 is 0 Å². The van der Waals surface area contributed by atoms with Crippen LogP contribution in [0.25, 0.3) is 0 Å². The first-order valence-electron chi connectivity index (χ1n) is 4.70. The molecule has 0 bridgehead atoms. The van der Waals surface area contributed by atoms with E-state index < -0.39 is 6.10 Å². The fourth-order valence-corrected chi connectivity index (χ4v) is 2.38. The summed E-state index contributed by atoms with van der Waals surface area (Å²) >= 11 is 1.84. The molecule has 0 fully saturated rings. The summed E-state index contributed by atoms with van der Waals surface area (Å²) in [7, 11) is 0. The minimum atomic E-state index is -0.547. The maximum atomic E-state index is 9.57. The van der Waals surface area contributed by atoms with Gasteiger partial charge in [-0.05, 0) is 17.7 Å². The molecule has 0 aromatic heterocycles. The molecule has 2 rings (SSSR count). The van der Waals surface area contributed by atoms with E-state index in [0.717, 1.165) is 23.5 Å². The molecule has 0 spiro atoms. The largest absolute Gasteiger partial charge is 0.387 e. The number of nitrogens with one attached hydrogen (secondary N) is 1. The number of fused-ring (bicyclic) bond motifs is 1. The van der Waals surface area contributed by atoms with Crippen LogP contribution in [-0.2, 0) is 0 Å². The Morgan fingerprint density at radius 1 is 1.57 bits per heavy atom. The molecule has 76 valence electrons. The third-order valence-electron chi connectivity index (χ3n) is 2.29. The SMILES string of the molecule is NCC(O)c1ccc2c(c1)NCCS2. The summed E-state index contributed by atoms with van der Waals surface area (Å²) in [5, 5.41) is 12.9. The molecule has 0 saturated carbocycles. The van der Waals surface area contributed by atoms with Crippen LogP contribution in [0.2, 0.25) is 0 Å². The van der Waals surface area contributed by atoms with E-state index in [1.807, 2.05) is 30.0 Å². The summed E-state index contributed by atoms with van der Waals surface area (Å²) in [6, 6.07) is 5.97. The zero-order chi connectivity index (χ0) is 9.97. The Labute approximate surface area is 87.7 Å². The number of rotatable bonds is 2. The van der Waals surface area contributed by atoms with E-state index in [9.17, 15) is 5.11 Å². The first-order valence-corrected chi connectivity index (χ1v) is 5.68. The van der Waals surface area contributed by atoms with Gasteiger partial charge in [-0.15, -0.1) is 11.8 Å². The van der Waals surface area contributed by atoms with Crippen molar-refractivity contribution in [3.05, 3.63) is 23.8 Å². The van der Waals surface area contributed by atoms with Crippen LogP contribution in [0.3, 0.4) is 0 Å². The maximum absolute atomic E-state index is 9.57. The van der Waals surface area contributed by atoms with Gasteiger partial charge in [0, 0.05) is 29.4 Å². The average molecular weight is 210 g/mol. The molecule has 1 unspecified atom stereocenters. The lowest BCUT2D eigenvalue weighted by atomic mass is 10.1. The molecule has 4 heteroatoms. The van der Waals surface area contributed by atoms with Gasteiger partial charge in [-0.2, -0.15) is 0 Å². The Morgan fingerprint density at radius 2 is 2.43 bits per heavy atom. The minimum absolute atomic E-state index is 0.270. The van der Waals surface area contributed by atoms with Gasteiger partial charge in [-0.1, -0.05) is 6.07 Å². The van der Waals surface area contributed by atoms with Gasteiger partial charge in [0.25, 0.3) is 0 Å². The van der Waals surface area contributed by atoms with Crippen LogP contribution in [0.1, 0.15) is 11.7 Å². The van der Waals surface area contributed by atoms with Gasteiger partial charge < -0.3 is 16.2 Å². The van der Waals surface area contributed by atoms with E-state index in [2.05, 4.69) is 5.32 Å². The molecular formula is C10H14N2OS. The van der Waals surface area contributed by atoms with Crippen LogP contribution in [0.4, 0.5) is 5.69 Å². The molecule has 1 atom stereocenters. The molecule has 0 amide bonds. The van der Waals surface area contributed by atoms with Crippen molar-refractivity contribution in [1.29, 1.82) is 0 Å². The predicted octanol–water partition coefficient (Wildman–Crippen LogP) is 1.20. The van der Waals surface area contributed by atoms with Crippen LogP contribution in [0.5, 0.6) is 0 Å². The number of benzene rings is 1. The molecule has 14 heavy (non-hydrogen) atoms. The van der Waals surface area contributed by atoms with Gasteiger partial charge in [0.15, 0.2) is 0 Å². The maximum Gasteiger partial charge on any atom is 0.0912 e. The second-order valence-corrected chi connectivity index (χ2v) is 4.42. The van der Waals surface area contributed by atoms with Crippen molar-refractivity contribution >= 4 is 17.4 Å². The average Bonchev–Trinajstić information content (AvgIpc) is 2.27. The van der Waals surface area contributed by atoms with Crippen molar-refractivity contribution in [3.63, 3.8) is 0 Å². The first kappa shape index (κ1) is 9.83. The summed E-state index contributed by atoms with van der Waals surface area (Å²) in [5.74, 6) is 1.10. The molecule has 3 nitrogen and oxygen atoms in total. The summed E-state index contributed by atoms with van der Waals surface area (Å²) in [4.78, 5) is 1.25. The summed E-state index contributed by atoms with van der Waals surface area (Å²) < 4.78 is 0. The number of hydrogen-bond acceptors (Lipinski definition) is 4. The highest BCUT2D eigenvalue weighted by Gasteiger charge is 2.12. The molecule has 0 saturated heterocycles. The first-order chi connectivity index (χ1) is 6.81. The topological polar surface area (TPSA) is 58.3 Å². The van der Waals surface area contributed by atoms with Crippen molar-refractivity contribution in [2.24, 2.45) is 5.73 Å². The fraction of sp³-hybridized carbons (Fsp3) is 0.400. The summed E-state index contributed by atoms with van der Waals surface area (Å²) in [6.45, 7) is 1.26. The van der Waals surface area contributed by atoms with Gasteiger partial charge in [0.1, 0.15) is 0 Å². The third-order valence-corrected chi connectivity index (χ3v) is 3.36. The zero-order valence-corrected chi connectivity index (χ0v) is 8.68. The van der Waals surface area contributed by atoms with E-state index in [0.29, 0.717) is 0 Å². The van der Waals surface area contributed by atoms with Gasteiger partial charge in [0.2, 0.25) is 0 Å². The number of aliphatic hydroxyl groups excluding tert-OH is 1. The summed E-state index contributed by atoms with van der Waals surface area (Å²) in [6.07, 6.45) is -0.547. The molecule has 1 heterocycles. The van der Waals surface area contributed by atoms with Gasteiger partial charge in [0.05, 0.1) is 6.10 Å². The monoisotopic (exact) mass is 210 g/mol. The highest BCUT2D eigenvalue weighted by Crippen LogP contribution is 2.32. The minimum Gasteiger partial charge on any atom is -0.387 e. The lowest BCUT2D eigenvalue weighted by Gasteiger charge is -2.19. The Morgan fingerprint density at radius 3 is 3.21 bits per heavy atom. The van der Waals surface area contributed by atoms with Crippen LogP contribution in [-0.4, -0.2) is 23.9 Å². The number of aliphatic hydroxyl groups is 1. The molecule has 0 radical (unpaired) electrons. The van der Waals surface area contributed by atoms with E-state index in [1.54, 1.807) is 0 Å². The zero-order valence-electron chi connectivity index (χ0n) is 7.86. The fourth-order valence-electron chi connectivity index (χ4n) is 1.50. The second kappa shape index (κ2) is 4.21. The van der Waals surface area contributed by atoms with Crippen molar-refractivity contribution in [3.8, 4) is 0 Å². The van der Waals surface area contributed by atoms with Gasteiger partial charge in [-0.3, -0.25) is 0 Å². The smallest absolute Gasteiger partial charge is 0.0912 e. The van der Waals surface area contributed by atoms with E-state index in [-0.39, 0.29) is 6.54 Å². The van der Waals surface area contributed by atoms with Crippen LogP contribution < -0.4 is 11.1 Å². The molecule has 1 aliphatic heterocycles. The molecule has 1 aliphatic rings. The quantitative estimate of drug-likeness (QED) is 0.686. The highest BCUT2D eigenvalue weighted by atomic mass is 32.2. The van der Waals surface area contributed by atoms with Crippen molar-refractivity contribution in [2.75, 3.05) is 24.2 Å². The molecular weight excluding hydrogens is 196 g/mol. The predicted molar refractivity (Wildman–Crippen MR) is 59.7 cm³/mol. The number of nitrogens with two attached hydrogens (primary N) is 1. The lowest BCUT2D eigenvalue weighted by molar-refractivity contribution is 0.187. The standard InChI is InChI=1S/C10H14N2OS/c11-6-9(13)7-1-2-10-8(5-7)12-3-4-14-10/h1-2,5,9,12-13H,3-4,6,11H2. The van der Waals surface area contributed by atoms with E-state index in [4.69, 9.17) is 5.73 Å². The van der Waals surface area contributed by atoms with Crippen LogP contribution in [0, 0.1) is 0 Å². The number of anilines is 1. The molecule has 1 aromatic rings. The normalized spacial score (nSPS) is 17.0. The Bertz CT molecular complexity index is 330. The van der Waals surface area contributed by atoms with Crippen LogP contribution >= 0.6 is 11.8 Å². The Kier molecular flexibility index (Phi) is 2.96. The molecule has 1 aromatic carbocycles. The Hall–Kier alpha value is -0.710.